The van der Waals surface area contributed by atoms with Crippen molar-refractivity contribution < 1.29 is 4.79 Å². The second-order valence-electron chi connectivity index (χ2n) is 5.64. The number of thiophene rings is 1. The van der Waals surface area contributed by atoms with Crippen molar-refractivity contribution in [1.29, 1.82) is 0 Å². The molecular weight excluding hydrogens is 296 g/mol. The maximum atomic E-state index is 12.3. The minimum atomic E-state index is -0.148. The summed E-state index contributed by atoms with van der Waals surface area (Å²) in [4.78, 5) is 28.0. The minimum absolute atomic E-state index is 0.115. The zero-order chi connectivity index (χ0) is 15.9. The highest BCUT2D eigenvalue weighted by Crippen LogP contribution is 2.30. The Bertz CT molecular complexity index is 923. The summed E-state index contributed by atoms with van der Waals surface area (Å²) in [6, 6.07) is 7.73. The lowest BCUT2D eigenvalue weighted by molar-refractivity contribution is 0.0943. The number of hydrogen-bond donors (Lipinski definition) is 2. The molecule has 2 aromatic heterocycles. The molecule has 2 N–H and O–H groups in total. The van der Waals surface area contributed by atoms with E-state index in [9.17, 15) is 9.59 Å². The SMILES string of the molecule is CC[C@@H](C)NC(=O)c1cc2c(=O)[nH]c3ccc(C)cc3c2s1. The number of hydrogen-bond acceptors (Lipinski definition) is 3. The fourth-order valence-electron chi connectivity index (χ4n) is 2.41. The van der Waals surface area contributed by atoms with E-state index >= 15 is 0 Å². The van der Waals surface area contributed by atoms with Crippen molar-refractivity contribution in [2.45, 2.75) is 33.2 Å². The average molecular weight is 314 g/mol. The number of nitrogens with one attached hydrogen (secondary N) is 2. The Morgan fingerprint density at radius 3 is 2.82 bits per heavy atom. The van der Waals surface area contributed by atoms with Gasteiger partial charge in [0.2, 0.25) is 0 Å². The number of aromatic nitrogens is 1. The number of pyridine rings is 1. The zero-order valence-corrected chi connectivity index (χ0v) is 13.6. The van der Waals surface area contributed by atoms with E-state index < -0.39 is 0 Å². The molecule has 0 saturated carbocycles. The predicted octanol–water partition coefficient (Wildman–Crippen LogP) is 3.58. The lowest BCUT2D eigenvalue weighted by Crippen LogP contribution is -2.31. The number of carbonyl (C=O) groups is 1. The highest BCUT2D eigenvalue weighted by atomic mass is 32.1. The first-order valence-electron chi connectivity index (χ1n) is 7.36. The Labute approximate surface area is 132 Å². The van der Waals surface area contributed by atoms with Gasteiger partial charge in [-0.25, -0.2) is 0 Å². The van der Waals surface area contributed by atoms with E-state index in [1.807, 2.05) is 39.0 Å². The number of amides is 1. The first kappa shape index (κ1) is 14.8. The van der Waals surface area contributed by atoms with Crippen molar-refractivity contribution in [3.63, 3.8) is 0 Å². The number of benzene rings is 1. The Balaban J connectivity index is 2.18. The van der Waals surface area contributed by atoms with Crippen LogP contribution in [0.3, 0.4) is 0 Å². The first-order chi connectivity index (χ1) is 10.5. The average Bonchev–Trinajstić information content (AvgIpc) is 2.94. The third-order valence-corrected chi connectivity index (χ3v) is 5.03. The summed E-state index contributed by atoms with van der Waals surface area (Å²) in [7, 11) is 0. The largest absolute Gasteiger partial charge is 0.349 e. The van der Waals surface area contributed by atoms with Crippen LogP contribution in [0.4, 0.5) is 0 Å². The number of rotatable bonds is 3. The van der Waals surface area contributed by atoms with Crippen molar-refractivity contribution in [3.8, 4) is 0 Å². The molecule has 0 saturated heterocycles. The summed E-state index contributed by atoms with van der Waals surface area (Å²) in [6.07, 6.45) is 0.874. The van der Waals surface area contributed by atoms with Crippen LogP contribution in [0, 0.1) is 6.92 Å². The van der Waals surface area contributed by atoms with Gasteiger partial charge >= 0.3 is 0 Å². The van der Waals surface area contributed by atoms with Crippen molar-refractivity contribution in [3.05, 3.63) is 45.1 Å². The van der Waals surface area contributed by atoms with Crippen LogP contribution in [-0.2, 0) is 0 Å². The third-order valence-electron chi connectivity index (χ3n) is 3.86. The van der Waals surface area contributed by atoms with Crippen molar-refractivity contribution in [1.82, 2.24) is 10.3 Å². The lowest BCUT2D eigenvalue weighted by atomic mass is 10.1. The number of aromatic amines is 1. The van der Waals surface area contributed by atoms with E-state index in [1.165, 1.54) is 11.3 Å². The molecule has 3 aromatic rings. The topological polar surface area (TPSA) is 62.0 Å². The van der Waals surface area contributed by atoms with E-state index in [2.05, 4.69) is 10.3 Å². The van der Waals surface area contributed by atoms with Gasteiger partial charge in [-0.05, 0) is 38.5 Å². The van der Waals surface area contributed by atoms with Crippen LogP contribution in [0.1, 0.15) is 35.5 Å². The molecule has 0 radical (unpaired) electrons. The second-order valence-corrected chi connectivity index (χ2v) is 6.69. The number of carbonyl (C=O) groups excluding carboxylic acids is 1. The maximum absolute atomic E-state index is 12.3. The molecule has 0 aliphatic carbocycles. The van der Waals surface area contributed by atoms with Gasteiger partial charge in [0.15, 0.2) is 0 Å². The van der Waals surface area contributed by atoms with Gasteiger partial charge in [0.1, 0.15) is 0 Å². The molecule has 5 heteroatoms. The van der Waals surface area contributed by atoms with E-state index in [0.29, 0.717) is 10.3 Å². The van der Waals surface area contributed by atoms with Crippen LogP contribution in [0.5, 0.6) is 0 Å². The number of aryl methyl sites for hydroxylation is 1. The summed E-state index contributed by atoms with van der Waals surface area (Å²) in [5.74, 6) is -0.115. The molecule has 114 valence electrons. The van der Waals surface area contributed by atoms with Crippen LogP contribution in [0.2, 0.25) is 0 Å². The van der Waals surface area contributed by atoms with Crippen LogP contribution in [0.25, 0.3) is 21.0 Å². The third kappa shape index (κ3) is 2.52. The standard InChI is InChI=1S/C17H18N2O2S/c1-4-10(3)18-17(21)14-8-12-15(22-14)11-7-9(2)5-6-13(11)19-16(12)20/h5-8,10H,4H2,1-3H3,(H,18,21)(H,19,20)/t10-/m1/s1. The zero-order valence-electron chi connectivity index (χ0n) is 12.8. The fourth-order valence-corrected chi connectivity index (χ4v) is 3.50. The molecule has 22 heavy (non-hydrogen) atoms. The lowest BCUT2D eigenvalue weighted by Gasteiger charge is -2.09. The molecule has 4 nitrogen and oxygen atoms in total. The van der Waals surface area contributed by atoms with Gasteiger partial charge in [-0.3, -0.25) is 9.59 Å². The van der Waals surface area contributed by atoms with E-state index in [-0.39, 0.29) is 17.5 Å². The summed E-state index contributed by atoms with van der Waals surface area (Å²) < 4.78 is 0.872. The molecule has 0 spiro atoms. The maximum Gasteiger partial charge on any atom is 0.261 e. The summed E-state index contributed by atoms with van der Waals surface area (Å²) in [5.41, 5.74) is 1.78. The van der Waals surface area contributed by atoms with Crippen molar-refractivity contribution in [2.24, 2.45) is 0 Å². The van der Waals surface area contributed by atoms with Gasteiger partial charge in [0.05, 0.1) is 10.3 Å². The molecule has 0 fully saturated rings. The monoisotopic (exact) mass is 314 g/mol. The number of H-pyrrole nitrogens is 1. The number of fused-ring (bicyclic) bond motifs is 3. The highest BCUT2D eigenvalue weighted by Gasteiger charge is 2.15. The summed E-state index contributed by atoms with van der Waals surface area (Å²) >= 11 is 1.38. The molecule has 1 atom stereocenters. The van der Waals surface area contributed by atoms with Crippen LogP contribution >= 0.6 is 11.3 Å². The molecule has 2 heterocycles. The van der Waals surface area contributed by atoms with Crippen LogP contribution in [-0.4, -0.2) is 16.9 Å². The van der Waals surface area contributed by atoms with Crippen molar-refractivity contribution in [2.75, 3.05) is 0 Å². The Hall–Kier alpha value is -2.14. The molecular formula is C17H18N2O2S. The van der Waals surface area contributed by atoms with Crippen LogP contribution in [0.15, 0.2) is 29.1 Å². The fraction of sp³-hybridized carbons (Fsp3) is 0.294. The van der Waals surface area contributed by atoms with Gasteiger partial charge in [-0.15, -0.1) is 11.3 Å². The molecule has 1 amide bonds. The van der Waals surface area contributed by atoms with E-state index in [1.54, 1.807) is 6.07 Å². The quantitative estimate of drug-likeness (QED) is 0.776. The Kier molecular flexibility index (Phi) is 3.74. The Morgan fingerprint density at radius 1 is 1.32 bits per heavy atom. The molecule has 0 unspecified atom stereocenters. The smallest absolute Gasteiger partial charge is 0.261 e. The minimum Gasteiger partial charge on any atom is -0.349 e. The van der Waals surface area contributed by atoms with E-state index in [0.717, 1.165) is 27.6 Å². The van der Waals surface area contributed by atoms with Crippen molar-refractivity contribution >= 4 is 38.2 Å². The predicted molar refractivity (Wildman–Crippen MR) is 91.9 cm³/mol. The molecule has 0 bridgehead atoms. The van der Waals surface area contributed by atoms with Gasteiger partial charge in [-0.2, -0.15) is 0 Å². The molecule has 1 aromatic carbocycles. The molecule has 3 rings (SSSR count). The normalized spacial score (nSPS) is 12.7. The van der Waals surface area contributed by atoms with Gasteiger partial charge in [-0.1, -0.05) is 18.6 Å². The highest BCUT2D eigenvalue weighted by molar-refractivity contribution is 7.21. The van der Waals surface area contributed by atoms with Gasteiger partial charge < -0.3 is 10.3 Å². The Morgan fingerprint density at radius 2 is 2.09 bits per heavy atom. The van der Waals surface area contributed by atoms with Crippen LogP contribution < -0.4 is 10.9 Å². The van der Waals surface area contributed by atoms with Gasteiger partial charge in [0.25, 0.3) is 11.5 Å². The molecule has 0 aliphatic heterocycles. The van der Waals surface area contributed by atoms with Gasteiger partial charge in [0, 0.05) is 21.6 Å². The summed E-state index contributed by atoms with van der Waals surface area (Å²) in [5, 5.41) is 4.51. The molecule has 0 aliphatic rings. The van der Waals surface area contributed by atoms with E-state index in [4.69, 9.17) is 0 Å². The summed E-state index contributed by atoms with van der Waals surface area (Å²) in [6.45, 7) is 6.01. The second kappa shape index (κ2) is 5.57. The first-order valence-corrected chi connectivity index (χ1v) is 8.18.